The number of Topliss-reactive ketones (excluding diaryl/α,β-unsaturated/α-hetero) is 1. The van der Waals surface area contributed by atoms with Crippen molar-refractivity contribution in [3.8, 4) is 23.0 Å². The van der Waals surface area contributed by atoms with Crippen LogP contribution in [0.5, 0.6) is 23.0 Å². The molecule has 2 bridgehead atoms. The third-order valence-electron chi connectivity index (χ3n) is 6.61. The Morgan fingerprint density at radius 2 is 1.21 bits per heavy atom. The van der Waals surface area contributed by atoms with Gasteiger partial charge in [-0.25, -0.2) is 0 Å². The van der Waals surface area contributed by atoms with Gasteiger partial charge in [0.25, 0.3) is 0 Å². The van der Waals surface area contributed by atoms with Gasteiger partial charge in [-0.05, 0) is 49.2 Å². The van der Waals surface area contributed by atoms with Crippen LogP contribution < -0.4 is 24.3 Å². The predicted octanol–water partition coefficient (Wildman–Crippen LogP) is 2.49. The molecule has 1 saturated heterocycles. The average molecular weight is 380 g/mol. The van der Waals surface area contributed by atoms with Gasteiger partial charge in [0, 0.05) is 11.1 Å². The number of quaternary nitrogens is 1. The number of rotatable bonds is 2. The quantitative estimate of drug-likeness (QED) is 0.867. The van der Waals surface area contributed by atoms with Crippen LogP contribution >= 0.6 is 0 Å². The Bertz CT molecular complexity index is 884. The van der Waals surface area contributed by atoms with Gasteiger partial charge in [0.2, 0.25) is 13.6 Å². The Morgan fingerprint density at radius 1 is 0.714 bits per heavy atom. The van der Waals surface area contributed by atoms with Crippen molar-refractivity contribution >= 4 is 5.78 Å². The van der Waals surface area contributed by atoms with Crippen molar-refractivity contribution in [3.05, 3.63) is 47.5 Å². The molecule has 1 aliphatic carbocycles. The van der Waals surface area contributed by atoms with Gasteiger partial charge in [-0.2, -0.15) is 0 Å². The lowest BCUT2D eigenvalue weighted by Gasteiger charge is -2.42. The first-order valence-electron chi connectivity index (χ1n) is 9.96. The van der Waals surface area contributed by atoms with Crippen LogP contribution in [-0.2, 0) is 4.79 Å². The fourth-order valence-electron chi connectivity index (χ4n) is 5.25. The van der Waals surface area contributed by atoms with E-state index in [0.29, 0.717) is 5.78 Å². The molecule has 0 aromatic heterocycles. The maximum Gasteiger partial charge on any atom is 0.231 e. The van der Waals surface area contributed by atoms with E-state index in [2.05, 4.69) is 17.4 Å². The third kappa shape index (κ3) is 2.41. The van der Waals surface area contributed by atoms with Crippen molar-refractivity contribution in [1.82, 2.24) is 0 Å². The molecule has 0 radical (unpaired) electrons. The van der Waals surface area contributed by atoms with E-state index in [0.717, 1.165) is 53.4 Å². The van der Waals surface area contributed by atoms with E-state index in [-0.39, 0.29) is 37.5 Å². The summed E-state index contributed by atoms with van der Waals surface area (Å²) in [5.74, 6) is 3.62. The summed E-state index contributed by atoms with van der Waals surface area (Å²) in [6.45, 7) is 0.523. The van der Waals surface area contributed by atoms with E-state index in [1.807, 2.05) is 24.3 Å². The standard InChI is InChI=1S/C22H21NO5/c24-22-14-2-1-3-15(22)21(13-5-7-17-19(9-13)28-11-26-17)23-20(14)12-4-6-16-18(8-12)27-10-25-16/h4-9,14-15,20-21,23H,1-3,10-11H2/p+1/t14-,15+,20+,21-. The van der Waals surface area contributed by atoms with Crippen LogP contribution in [0, 0.1) is 11.8 Å². The number of nitrogens with two attached hydrogens (primary N) is 1. The van der Waals surface area contributed by atoms with E-state index >= 15 is 0 Å². The van der Waals surface area contributed by atoms with Crippen molar-refractivity contribution < 1.29 is 29.1 Å². The molecule has 144 valence electrons. The van der Waals surface area contributed by atoms with Gasteiger partial charge in [0.15, 0.2) is 28.8 Å². The van der Waals surface area contributed by atoms with Crippen LogP contribution in [0.3, 0.4) is 0 Å². The van der Waals surface area contributed by atoms with E-state index in [1.54, 1.807) is 0 Å². The molecule has 6 heteroatoms. The highest BCUT2D eigenvalue weighted by atomic mass is 16.7. The molecule has 4 aliphatic rings. The fourth-order valence-corrected chi connectivity index (χ4v) is 5.25. The van der Waals surface area contributed by atoms with Crippen LogP contribution in [0.15, 0.2) is 36.4 Å². The normalized spacial score (nSPS) is 29.8. The van der Waals surface area contributed by atoms with Crippen molar-refractivity contribution in [2.24, 2.45) is 11.8 Å². The van der Waals surface area contributed by atoms with E-state index < -0.39 is 0 Å². The number of carbonyl (C=O) groups excluding carboxylic acids is 1. The summed E-state index contributed by atoms with van der Waals surface area (Å²) in [6, 6.07) is 12.3. The fraction of sp³-hybridized carbons (Fsp3) is 0.409. The molecule has 0 amide bonds. The molecule has 0 unspecified atom stereocenters. The van der Waals surface area contributed by atoms with Gasteiger partial charge < -0.3 is 24.3 Å². The van der Waals surface area contributed by atoms with Crippen LogP contribution in [0.4, 0.5) is 0 Å². The van der Waals surface area contributed by atoms with Gasteiger partial charge in [-0.15, -0.1) is 0 Å². The highest BCUT2D eigenvalue weighted by Crippen LogP contribution is 2.44. The second-order valence-electron chi connectivity index (χ2n) is 8.02. The summed E-state index contributed by atoms with van der Waals surface area (Å²) < 4.78 is 22.0. The number of piperidine rings is 1. The Morgan fingerprint density at radius 3 is 1.75 bits per heavy atom. The maximum absolute atomic E-state index is 13.3. The summed E-state index contributed by atoms with van der Waals surface area (Å²) in [5.41, 5.74) is 2.27. The zero-order valence-electron chi connectivity index (χ0n) is 15.4. The Hall–Kier alpha value is -2.73. The van der Waals surface area contributed by atoms with Gasteiger partial charge >= 0.3 is 0 Å². The highest BCUT2D eigenvalue weighted by molar-refractivity contribution is 5.86. The number of hydrogen-bond donors (Lipinski definition) is 1. The van der Waals surface area contributed by atoms with Crippen LogP contribution in [0.1, 0.15) is 42.5 Å². The van der Waals surface area contributed by atoms with Crippen LogP contribution in [0.2, 0.25) is 0 Å². The van der Waals surface area contributed by atoms with Gasteiger partial charge in [0.1, 0.15) is 12.1 Å². The molecule has 2 aromatic rings. The molecule has 3 aliphatic heterocycles. The van der Waals surface area contributed by atoms with Gasteiger partial charge in [-0.3, -0.25) is 4.79 Å². The summed E-state index contributed by atoms with van der Waals surface area (Å²) in [4.78, 5) is 13.3. The summed E-state index contributed by atoms with van der Waals surface area (Å²) in [7, 11) is 0. The van der Waals surface area contributed by atoms with Crippen molar-refractivity contribution in [2.75, 3.05) is 13.6 Å². The van der Waals surface area contributed by atoms with Crippen molar-refractivity contribution in [1.29, 1.82) is 0 Å². The molecule has 6 rings (SSSR count). The SMILES string of the molecule is O=C1[C@H]2CCC[C@@H]1[C@H](c1ccc3c(c1)OCO3)[NH2+][C@@H]2c1ccc2c(c1)OCO2. The summed E-state index contributed by atoms with van der Waals surface area (Å²) >= 11 is 0. The number of carbonyl (C=O) groups is 1. The molecule has 0 spiro atoms. The molecule has 28 heavy (non-hydrogen) atoms. The smallest absolute Gasteiger partial charge is 0.231 e. The molecular formula is C22H22NO5+. The molecule has 4 atom stereocenters. The maximum atomic E-state index is 13.3. The lowest BCUT2D eigenvalue weighted by molar-refractivity contribution is -0.750. The first-order chi connectivity index (χ1) is 13.8. The number of hydrogen-bond acceptors (Lipinski definition) is 5. The van der Waals surface area contributed by atoms with Crippen molar-refractivity contribution in [2.45, 2.75) is 31.3 Å². The molecule has 2 aromatic carbocycles. The monoisotopic (exact) mass is 380 g/mol. The summed E-state index contributed by atoms with van der Waals surface area (Å²) in [5, 5.41) is 2.38. The predicted molar refractivity (Wildman–Crippen MR) is 98.4 cm³/mol. The minimum atomic E-state index is 0.0596. The van der Waals surface area contributed by atoms with E-state index in [4.69, 9.17) is 18.9 Å². The minimum Gasteiger partial charge on any atom is -0.454 e. The van der Waals surface area contributed by atoms with Crippen LogP contribution in [0.25, 0.3) is 0 Å². The Balaban J connectivity index is 1.38. The molecule has 2 fully saturated rings. The van der Waals surface area contributed by atoms with Gasteiger partial charge in [0.05, 0.1) is 11.8 Å². The first kappa shape index (κ1) is 16.2. The lowest BCUT2D eigenvalue weighted by atomic mass is 9.67. The number of fused-ring (bicyclic) bond motifs is 4. The second-order valence-corrected chi connectivity index (χ2v) is 8.02. The zero-order valence-corrected chi connectivity index (χ0v) is 15.4. The van der Waals surface area contributed by atoms with Gasteiger partial charge in [-0.1, -0.05) is 6.42 Å². The van der Waals surface area contributed by atoms with Crippen molar-refractivity contribution in [3.63, 3.8) is 0 Å². The number of ketones is 1. The number of ether oxygens (including phenoxy) is 4. The molecule has 1 saturated carbocycles. The van der Waals surface area contributed by atoms with Crippen LogP contribution in [-0.4, -0.2) is 19.4 Å². The number of benzene rings is 2. The second kappa shape index (κ2) is 6.14. The largest absolute Gasteiger partial charge is 0.454 e. The molecular weight excluding hydrogens is 358 g/mol. The first-order valence-corrected chi connectivity index (χ1v) is 9.96. The van der Waals surface area contributed by atoms with E-state index in [1.165, 1.54) is 0 Å². The lowest BCUT2D eigenvalue weighted by Crippen LogP contribution is -2.92. The summed E-state index contributed by atoms with van der Waals surface area (Å²) in [6.07, 6.45) is 3.01. The minimum absolute atomic E-state index is 0.0596. The highest BCUT2D eigenvalue weighted by Gasteiger charge is 2.50. The molecule has 2 N–H and O–H groups in total. The third-order valence-corrected chi connectivity index (χ3v) is 6.61. The Labute approximate surface area is 162 Å². The average Bonchev–Trinajstić information content (AvgIpc) is 3.36. The topological polar surface area (TPSA) is 70.6 Å². The molecule has 6 nitrogen and oxygen atoms in total. The Kier molecular flexibility index (Phi) is 3.56. The zero-order chi connectivity index (χ0) is 18.7. The van der Waals surface area contributed by atoms with E-state index in [9.17, 15) is 4.79 Å². The molecule has 3 heterocycles.